The molecule has 0 unspecified atom stereocenters. The number of ether oxygens (including phenoxy) is 1. The number of likely N-dealkylation sites (N-methyl/N-ethyl adjacent to an activating group) is 1. The predicted molar refractivity (Wildman–Crippen MR) is 144 cm³/mol. The number of carbonyl (C=O) groups excluding carboxylic acids is 2. The van der Waals surface area contributed by atoms with E-state index in [1.807, 2.05) is 58.4 Å². The molecule has 1 aromatic rings. The summed E-state index contributed by atoms with van der Waals surface area (Å²) in [6.45, 7) is 18.5. The Labute approximate surface area is 222 Å². The first-order valence-electron chi connectivity index (χ1n) is 13.2. The third-order valence-corrected chi connectivity index (χ3v) is 7.36. The van der Waals surface area contributed by atoms with Crippen LogP contribution in [0.5, 0.6) is 0 Å². The molecule has 2 atom stereocenters. The molecule has 206 valence electrons. The van der Waals surface area contributed by atoms with E-state index in [2.05, 4.69) is 15.3 Å². The minimum absolute atomic E-state index is 0.0507. The van der Waals surface area contributed by atoms with Crippen LogP contribution in [-0.4, -0.2) is 83.0 Å². The number of piperidine rings is 1. The van der Waals surface area contributed by atoms with E-state index in [1.165, 1.54) is 0 Å². The molecule has 2 saturated heterocycles. The fraction of sp³-hybridized carbons (Fsp3) is 0.769. The van der Waals surface area contributed by atoms with Crippen molar-refractivity contribution >= 4 is 30.5 Å². The molecule has 2 aliphatic rings. The van der Waals surface area contributed by atoms with Crippen LogP contribution < -0.4 is 15.7 Å². The molecule has 3 rings (SSSR count). The van der Waals surface area contributed by atoms with E-state index in [4.69, 9.17) is 14.0 Å². The van der Waals surface area contributed by atoms with Crippen LogP contribution in [0.4, 0.5) is 10.7 Å². The number of aromatic nitrogens is 2. The number of amides is 2. The SMILES string of the molecule is CC(C)[C@H](NC(=O)OC(C)(C)C)C(=O)N1CCC[C@@H](N(C)c2ncc(B3OC(C)(C)C(C)(C)O3)cn2)C1. The van der Waals surface area contributed by atoms with Crippen molar-refractivity contribution in [3.63, 3.8) is 0 Å². The highest BCUT2D eigenvalue weighted by atomic mass is 16.7. The molecule has 0 aromatic carbocycles. The summed E-state index contributed by atoms with van der Waals surface area (Å²) in [5.41, 5.74) is -0.732. The van der Waals surface area contributed by atoms with Crippen molar-refractivity contribution in [2.24, 2.45) is 5.92 Å². The maximum absolute atomic E-state index is 13.4. The van der Waals surface area contributed by atoms with E-state index < -0.39 is 36.1 Å². The molecule has 11 heteroatoms. The van der Waals surface area contributed by atoms with E-state index >= 15 is 0 Å². The average molecular weight is 517 g/mol. The average Bonchev–Trinajstić information content (AvgIpc) is 3.02. The third kappa shape index (κ3) is 6.93. The molecule has 1 N–H and O–H groups in total. The molecule has 2 aliphatic heterocycles. The van der Waals surface area contributed by atoms with Crippen LogP contribution in [0.15, 0.2) is 12.4 Å². The highest BCUT2D eigenvalue weighted by Gasteiger charge is 2.52. The standard InChI is InChI=1S/C26H44BN5O5/c1-17(2)20(30-23(34)35-24(3,4)5)21(33)32-13-11-12-19(16-32)31(10)22-28-14-18(15-29-22)27-36-25(6,7)26(8,9)37-27/h14-15,17,19-20H,11-13,16H2,1-10H3,(H,30,34)/t19-,20+/m1/s1. The van der Waals surface area contributed by atoms with Crippen molar-refractivity contribution in [3.05, 3.63) is 12.4 Å². The number of nitrogens with zero attached hydrogens (tertiary/aromatic N) is 4. The van der Waals surface area contributed by atoms with Gasteiger partial charge in [-0.3, -0.25) is 4.79 Å². The van der Waals surface area contributed by atoms with Crippen LogP contribution in [0, 0.1) is 5.92 Å². The summed E-state index contributed by atoms with van der Waals surface area (Å²) >= 11 is 0. The maximum Gasteiger partial charge on any atom is 0.498 e. The normalized spacial score (nSPS) is 22.1. The lowest BCUT2D eigenvalue weighted by Gasteiger charge is -2.39. The fourth-order valence-electron chi connectivity index (χ4n) is 4.39. The van der Waals surface area contributed by atoms with Gasteiger partial charge in [0.05, 0.1) is 11.2 Å². The molecular weight excluding hydrogens is 473 g/mol. The first-order valence-corrected chi connectivity index (χ1v) is 13.2. The van der Waals surface area contributed by atoms with Gasteiger partial charge in [-0.2, -0.15) is 0 Å². The number of anilines is 1. The second kappa shape index (κ2) is 10.8. The fourth-order valence-corrected chi connectivity index (χ4v) is 4.39. The van der Waals surface area contributed by atoms with E-state index in [1.54, 1.807) is 33.2 Å². The second-order valence-electron chi connectivity index (χ2n) is 12.5. The number of hydrogen-bond donors (Lipinski definition) is 1. The molecule has 1 aromatic heterocycles. The van der Waals surface area contributed by atoms with E-state index in [0.29, 0.717) is 19.0 Å². The number of nitrogens with one attached hydrogen (secondary N) is 1. The summed E-state index contributed by atoms with van der Waals surface area (Å²) in [4.78, 5) is 38.8. The van der Waals surface area contributed by atoms with Crippen molar-refractivity contribution in [3.8, 4) is 0 Å². The van der Waals surface area contributed by atoms with Crippen molar-refractivity contribution in [2.75, 3.05) is 25.0 Å². The number of likely N-dealkylation sites (tertiary alicyclic amines) is 1. The van der Waals surface area contributed by atoms with Crippen molar-refractivity contribution in [1.82, 2.24) is 20.2 Å². The minimum atomic E-state index is -0.658. The Morgan fingerprint density at radius 1 is 1.16 bits per heavy atom. The molecule has 0 radical (unpaired) electrons. The van der Waals surface area contributed by atoms with Crippen LogP contribution >= 0.6 is 0 Å². The zero-order chi connectivity index (χ0) is 27.8. The molecular formula is C26H44BN5O5. The Hall–Kier alpha value is -2.40. The van der Waals surface area contributed by atoms with Gasteiger partial charge in [-0.25, -0.2) is 14.8 Å². The van der Waals surface area contributed by atoms with Gasteiger partial charge in [0.25, 0.3) is 0 Å². The lowest BCUT2D eigenvalue weighted by atomic mass is 9.81. The summed E-state index contributed by atoms with van der Waals surface area (Å²) in [6.07, 6.45) is 4.66. The summed E-state index contributed by atoms with van der Waals surface area (Å²) in [5.74, 6) is 0.395. The van der Waals surface area contributed by atoms with Crippen LogP contribution in [0.1, 0.15) is 75.2 Å². The molecule has 0 saturated carbocycles. The molecule has 0 spiro atoms. The Kier molecular flexibility index (Phi) is 8.49. The quantitative estimate of drug-likeness (QED) is 0.575. The summed E-state index contributed by atoms with van der Waals surface area (Å²) in [5, 5.41) is 2.78. The van der Waals surface area contributed by atoms with Gasteiger partial charge in [-0.05, 0) is 67.2 Å². The summed E-state index contributed by atoms with van der Waals surface area (Å²) in [7, 11) is 1.43. The van der Waals surface area contributed by atoms with Gasteiger partial charge >= 0.3 is 13.2 Å². The van der Waals surface area contributed by atoms with Gasteiger partial charge in [-0.15, -0.1) is 0 Å². The Bertz CT molecular complexity index is 947. The minimum Gasteiger partial charge on any atom is -0.444 e. The third-order valence-electron chi connectivity index (χ3n) is 7.36. The van der Waals surface area contributed by atoms with Crippen molar-refractivity contribution in [2.45, 2.75) is 104 Å². The lowest BCUT2D eigenvalue weighted by Crippen LogP contribution is -2.56. The van der Waals surface area contributed by atoms with Gasteiger partial charge in [0, 0.05) is 44.0 Å². The first-order chi connectivity index (χ1) is 17.0. The van der Waals surface area contributed by atoms with Gasteiger partial charge in [0.2, 0.25) is 11.9 Å². The van der Waals surface area contributed by atoms with Crippen LogP contribution in [0.3, 0.4) is 0 Å². The summed E-state index contributed by atoms with van der Waals surface area (Å²) < 4.78 is 17.6. The molecule has 0 aliphatic carbocycles. The molecule has 2 fully saturated rings. The van der Waals surface area contributed by atoms with Gasteiger partial charge in [0.1, 0.15) is 11.6 Å². The Balaban J connectivity index is 1.65. The zero-order valence-electron chi connectivity index (χ0n) is 24.1. The van der Waals surface area contributed by atoms with Gasteiger partial charge < -0.3 is 29.2 Å². The zero-order valence-corrected chi connectivity index (χ0v) is 24.1. The van der Waals surface area contributed by atoms with Gasteiger partial charge in [-0.1, -0.05) is 13.8 Å². The van der Waals surface area contributed by atoms with Crippen molar-refractivity contribution in [1.29, 1.82) is 0 Å². The number of hydrogen-bond acceptors (Lipinski definition) is 8. The van der Waals surface area contributed by atoms with E-state index in [0.717, 1.165) is 18.3 Å². The van der Waals surface area contributed by atoms with E-state index in [-0.39, 0.29) is 17.9 Å². The highest BCUT2D eigenvalue weighted by Crippen LogP contribution is 2.36. The Morgan fingerprint density at radius 3 is 2.24 bits per heavy atom. The molecule has 0 bridgehead atoms. The molecule has 2 amide bonds. The first kappa shape index (κ1) is 29.2. The monoisotopic (exact) mass is 517 g/mol. The van der Waals surface area contributed by atoms with Crippen LogP contribution in [0.25, 0.3) is 0 Å². The second-order valence-corrected chi connectivity index (χ2v) is 12.5. The van der Waals surface area contributed by atoms with Crippen molar-refractivity contribution < 1.29 is 23.6 Å². The highest BCUT2D eigenvalue weighted by molar-refractivity contribution is 6.61. The lowest BCUT2D eigenvalue weighted by molar-refractivity contribution is -0.135. The number of carbonyl (C=O) groups is 2. The van der Waals surface area contributed by atoms with E-state index in [9.17, 15) is 9.59 Å². The van der Waals surface area contributed by atoms with Crippen LogP contribution in [0.2, 0.25) is 0 Å². The molecule has 10 nitrogen and oxygen atoms in total. The van der Waals surface area contributed by atoms with Crippen LogP contribution in [-0.2, 0) is 18.8 Å². The number of rotatable bonds is 6. The largest absolute Gasteiger partial charge is 0.498 e. The summed E-state index contributed by atoms with van der Waals surface area (Å²) in [6, 6.07) is -0.607. The number of alkyl carbamates (subject to hydrolysis) is 1. The molecule has 3 heterocycles. The molecule has 37 heavy (non-hydrogen) atoms. The smallest absolute Gasteiger partial charge is 0.444 e. The maximum atomic E-state index is 13.4. The van der Waals surface area contributed by atoms with Gasteiger partial charge in [0.15, 0.2) is 0 Å². The topological polar surface area (TPSA) is 106 Å². The predicted octanol–water partition coefficient (Wildman–Crippen LogP) is 2.75. The Morgan fingerprint density at radius 2 is 1.73 bits per heavy atom.